The molecule has 0 amide bonds. The maximum atomic E-state index is 5.28. The molecule has 1 fully saturated rings. The van der Waals surface area contributed by atoms with Crippen molar-refractivity contribution in [1.29, 1.82) is 0 Å². The Kier molecular flexibility index (Phi) is 6.00. The molecule has 0 radical (unpaired) electrons. The normalized spacial score (nSPS) is 21.8. The van der Waals surface area contributed by atoms with E-state index in [1.807, 2.05) is 6.20 Å². The van der Waals surface area contributed by atoms with Gasteiger partial charge in [0.15, 0.2) is 5.11 Å². The average Bonchev–Trinajstić information content (AvgIpc) is 2.45. The van der Waals surface area contributed by atoms with Gasteiger partial charge in [0.2, 0.25) is 0 Å². The maximum Gasteiger partial charge on any atom is 0.170 e. The van der Waals surface area contributed by atoms with Crippen LogP contribution in [0.5, 0.6) is 0 Å². The van der Waals surface area contributed by atoms with E-state index in [0.29, 0.717) is 11.0 Å². The summed E-state index contributed by atoms with van der Waals surface area (Å²) >= 11 is 5.28. The van der Waals surface area contributed by atoms with Gasteiger partial charge in [-0.15, -0.1) is 0 Å². The maximum absolute atomic E-state index is 5.28. The highest BCUT2D eigenvalue weighted by atomic mass is 32.1. The molecule has 2 rings (SSSR count). The fourth-order valence-corrected chi connectivity index (χ4v) is 3.17. The molecule has 2 heterocycles. The monoisotopic (exact) mass is 320 g/mol. The van der Waals surface area contributed by atoms with Crippen molar-refractivity contribution < 1.29 is 0 Å². The van der Waals surface area contributed by atoms with Crippen molar-refractivity contribution in [3.63, 3.8) is 0 Å². The van der Waals surface area contributed by atoms with E-state index in [-0.39, 0.29) is 0 Å². The molecule has 2 atom stereocenters. The van der Waals surface area contributed by atoms with Crippen molar-refractivity contribution in [2.75, 3.05) is 29.9 Å². The van der Waals surface area contributed by atoms with Gasteiger partial charge in [-0.25, -0.2) is 4.98 Å². The number of hydrogen-bond acceptors (Lipinski definition) is 3. The van der Waals surface area contributed by atoms with Gasteiger partial charge in [0.05, 0.1) is 11.9 Å². The van der Waals surface area contributed by atoms with E-state index in [1.54, 1.807) is 0 Å². The number of piperidine rings is 1. The Bertz CT molecular complexity index is 476. The van der Waals surface area contributed by atoms with E-state index in [9.17, 15) is 0 Å². The summed E-state index contributed by atoms with van der Waals surface area (Å²) < 4.78 is 0. The number of aromatic nitrogens is 1. The largest absolute Gasteiger partial charge is 0.362 e. The quantitative estimate of drug-likeness (QED) is 0.831. The van der Waals surface area contributed by atoms with Crippen LogP contribution in [0.25, 0.3) is 0 Å². The van der Waals surface area contributed by atoms with Crippen LogP contribution in [0, 0.1) is 17.8 Å². The van der Waals surface area contributed by atoms with Crippen LogP contribution in [-0.4, -0.2) is 29.7 Å². The summed E-state index contributed by atoms with van der Waals surface area (Å²) in [6, 6.07) is 4.13. The second-order valence-electron chi connectivity index (χ2n) is 6.98. The summed E-state index contributed by atoms with van der Waals surface area (Å²) in [5, 5.41) is 7.04. The highest BCUT2D eigenvalue weighted by Gasteiger charge is 2.22. The molecule has 1 saturated heterocycles. The predicted octanol–water partition coefficient (Wildman–Crippen LogP) is 3.51. The predicted molar refractivity (Wildman–Crippen MR) is 98.5 cm³/mol. The molecule has 0 aliphatic carbocycles. The first-order chi connectivity index (χ1) is 10.4. The van der Waals surface area contributed by atoms with Crippen molar-refractivity contribution in [3.8, 4) is 0 Å². The van der Waals surface area contributed by atoms with Crippen molar-refractivity contribution in [2.45, 2.75) is 34.1 Å². The molecule has 0 saturated carbocycles. The first-order valence-electron chi connectivity index (χ1n) is 8.20. The van der Waals surface area contributed by atoms with E-state index in [1.165, 1.54) is 6.42 Å². The molecule has 1 aliphatic rings. The highest BCUT2D eigenvalue weighted by molar-refractivity contribution is 7.80. The van der Waals surface area contributed by atoms with Crippen LogP contribution in [0.1, 0.15) is 34.1 Å². The minimum atomic E-state index is 0.573. The third-order valence-corrected chi connectivity index (χ3v) is 4.12. The molecular weight excluding hydrogens is 292 g/mol. The third-order valence-electron chi connectivity index (χ3n) is 3.87. The van der Waals surface area contributed by atoms with Crippen LogP contribution >= 0.6 is 12.2 Å². The summed E-state index contributed by atoms with van der Waals surface area (Å²) in [5.74, 6) is 3.10. The molecule has 122 valence electrons. The number of hydrogen-bond donors (Lipinski definition) is 2. The smallest absolute Gasteiger partial charge is 0.170 e. The Hall–Kier alpha value is -1.36. The van der Waals surface area contributed by atoms with Crippen LogP contribution in [0.3, 0.4) is 0 Å². The molecule has 0 bridgehead atoms. The van der Waals surface area contributed by atoms with Gasteiger partial charge < -0.3 is 15.5 Å². The Labute approximate surface area is 139 Å². The van der Waals surface area contributed by atoms with E-state index in [0.717, 1.165) is 43.0 Å². The van der Waals surface area contributed by atoms with Crippen molar-refractivity contribution in [2.24, 2.45) is 17.8 Å². The van der Waals surface area contributed by atoms with Crippen LogP contribution in [0.4, 0.5) is 11.5 Å². The molecule has 4 nitrogen and oxygen atoms in total. The van der Waals surface area contributed by atoms with Crippen LogP contribution in [-0.2, 0) is 0 Å². The lowest BCUT2D eigenvalue weighted by Crippen LogP contribution is -2.39. The molecule has 0 unspecified atom stereocenters. The lowest BCUT2D eigenvalue weighted by Gasteiger charge is -2.35. The topological polar surface area (TPSA) is 40.2 Å². The molecule has 22 heavy (non-hydrogen) atoms. The zero-order chi connectivity index (χ0) is 16.1. The number of rotatable bonds is 4. The Morgan fingerprint density at radius 2 is 2.00 bits per heavy atom. The van der Waals surface area contributed by atoms with Crippen LogP contribution in [0.2, 0.25) is 0 Å². The van der Waals surface area contributed by atoms with Gasteiger partial charge in [-0.3, -0.25) is 0 Å². The number of anilines is 2. The van der Waals surface area contributed by atoms with Crippen molar-refractivity contribution in [3.05, 3.63) is 18.3 Å². The van der Waals surface area contributed by atoms with E-state index in [4.69, 9.17) is 12.2 Å². The van der Waals surface area contributed by atoms with E-state index < -0.39 is 0 Å². The zero-order valence-corrected chi connectivity index (χ0v) is 14.9. The second-order valence-corrected chi connectivity index (χ2v) is 7.39. The van der Waals surface area contributed by atoms with E-state index in [2.05, 4.69) is 60.3 Å². The fourth-order valence-electron chi connectivity index (χ4n) is 2.97. The fraction of sp³-hybridized carbons (Fsp3) is 0.647. The lowest BCUT2D eigenvalue weighted by molar-refractivity contribution is 0.355. The Balaban J connectivity index is 1.91. The molecule has 2 N–H and O–H groups in total. The molecule has 0 spiro atoms. The third kappa shape index (κ3) is 5.13. The molecular formula is C17H28N4S. The average molecular weight is 321 g/mol. The van der Waals surface area contributed by atoms with Gasteiger partial charge >= 0.3 is 0 Å². The Morgan fingerprint density at radius 3 is 2.55 bits per heavy atom. The summed E-state index contributed by atoms with van der Waals surface area (Å²) in [6.45, 7) is 12.0. The van der Waals surface area contributed by atoms with Crippen molar-refractivity contribution >= 4 is 28.8 Å². The lowest BCUT2D eigenvalue weighted by atomic mass is 9.92. The number of nitrogens with one attached hydrogen (secondary N) is 2. The summed E-state index contributed by atoms with van der Waals surface area (Å²) in [6.07, 6.45) is 3.18. The zero-order valence-electron chi connectivity index (χ0n) is 14.1. The first-order valence-corrected chi connectivity index (χ1v) is 8.60. The molecule has 1 aromatic rings. The minimum Gasteiger partial charge on any atom is -0.362 e. The summed E-state index contributed by atoms with van der Waals surface area (Å²) in [5.41, 5.74) is 0.933. The SMILES string of the molecule is CC(C)CNC(=S)Nc1ccc(N2C[C@@H](C)C[C@H](C)C2)nc1. The standard InChI is InChI=1S/C17H28N4S/c1-12(2)8-19-17(22)20-15-5-6-16(18-9-15)21-10-13(3)7-14(4)11-21/h5-6,9,12-14H,7-8,10-11H2,1-4H3,(H2,19,20,22)/t13-,14-/m0/s1. The van der Waals surface area contributed by atoms with Gasteiger partial charge in [-0.1, -0.05) is 27.7 Å². The van der Waals surface area contributed by atoms with Gasteiger partial charge in [-0.2, -0.15) is 0 Å². The first kappa shape index (κ1) is 17.0. The number of pyridine rings is 1. The summed E-state index contributed by atoms with van der Waals surface area (Å²) in [7, 11) is 0. The number of thiocarbonyl (C=S) groups is 1. The number of nitrogens with zero attached hydrogens (tertiary/aromatic N) is 2. The van der Waals surface area contributed by atoms with Gasteiger partial charge in [-0.05, 0) is 48.5 Å². The minimum absolute atomic E-state index is 0.573. The summed E-state index contributed by atoms with van der Waals surface area (Å²) in [4.78, 5) is 6.98. The van der Waals surface area contributed by atoms with E-state index >= 15 is 0 Å². The Morgan fingerprint density at radius 1 is 1.32 bits per heavy atom. The highest BCUT2D eigenvalue weighted by Crippen LogP contribution is 2.25. The molecule has 0 aromatic carbocycles. The molecule has 1 aliphatic heterocycles. The second kappa shape index (κ2) is 7.77. The molecule has 1 aromatic heterocycles. The van der Waals surface area contributed by atoms with Gasteiger partial charge in [0.1, 0.15) is 5.82 Å². The molecule has 5 heteroatoms. The van der Waals surface area contributed by atoms with Crippen LogP contribution < -0.4 is 15.5 Å². The van der Waals surface area contributed by atoms with Gasteiger partial charge in [0, 0.05) is 19.6 Å². The van der Waals surface area contributed by atoms with Crippen molar-refractivity contribution in [1.82, 2.24) is 10.3 Å². The van der Waals surface area contributed by atoms with Crippen LogP contribution in [0.15, 0.2) is 18.3 Å². The van der Waals surface area contributed by atoms with Gasteiger partial charge in [0.25, 0.3) is 0 Å².